The van der Waals surface area contributed by atoms with Gasteiger partial charge in [-0.25, -0.2) is 12.8 Å². The van der Waals surface area contributed by atoms with Gasteiger partial charge in [-0.3, -0.25) is 9.59 Å². The van der Waals surface area contributed by atoms with Gasteiger partial charge in [-0.05, 0) is 56.7 Å². The maximum Gasteiger partial charge on any atom is 0.237 e. The molecule has 29 heavy (non-hydrogen) atoms. The molecular formula is C20H21FN2O4S2. The Morgan fingerprint density at radius 2 is 2.00 bits per heavy atom. The first-order valence-corrected chi connectivity index (χ1v) is 11.4. The van der Waals surface area contributed by atoms with Crippen molar-refractivity contribution in [3.05, 3.63) is 47.8 Å². The number of amides is 2. The van der Waals surface area contributed by atoms with Crippen LogP contribution < -0.4 is 10.6 Å². The highest BCUT2D eigenvalue weighted by atomic mass is 32.2. The van der Waals surface area contributed by atoms with Crippen LogP contribution in [0, 0.1) is 12.7 Å². The Hall–Kier alpha value is -2.39. The minimum atomic E-state index is -3.80. The van der Waals surface area contributed by atoms with Crippen LogP contribution in [-0.2, 0) is 19.4 Å². The van der Waals surface area contributed by atoms with Crippen molar-refractivity contribution in [1.29, 1.82) is 0 Å². The molecule has 0 saturated heterocycles. The van der Waals surface area contributed by atoms with Crippen LogP contribution in [0.5, 0.6) is 0 Å². The van der Waals surface area contributed by atoms with E-state index in [4.69, 9.17) is 0 Å². The van der Waals surface area contributed by atoms with Crippen LogP contribution in [0.1, 0.15) is 25.8 Å². The molecule has 0 bridgehead atoms. The summed E-state index contributed by atoms with van der Waals surface area (Å²) in [6.45, 7) is 4.82. The lowest BCUT2D eigenvalue weighted by Crippen LogP contribution is -2.27. The van der Waals surface area contributed by atoms with Gasteiger partial charge in [0, 0.05) is 17.0 Å². The van der Waals surface area contributed by atoms with E-state index in [1.165, 1.54) is 43.0 Å². The summed E-state index contributed by atoms with van der Waals surface area (Å²) in [5.74, 6) is -1.17. The molecule has 0 radical (unpaired) electrons. The first kappa shape index (κ1) is 21.3. The fourth-order valence-electron chi connectivity index (χ4n) is 2.85. The van der Waals surface area contributed by atoms with E-state index < -0.39 is 26.8 Å². The third kappa shape index (κ3) is 4.62. The quantitative estimate of drug-likeness (QED) is 0.745. The Morgan fingerprint density at radius 1 is 1.28 bits per heavy atom. The minimum Gasteiger partial charge on any atom is -0.326 e. The molecule has 2 amide bonds. The van der Waals surface area contributed by atoms with E-state index in [0.717, 1.165) is 4.90 Å². The van der Waals surface area contributed by atoms with Crippen LogP contribution in [0.3, 0.4) is 0 Å². The molecule has 2 aromatic rings. The lowest BCUT2D eigenvalue weighted by molar-refractivity contribution is -0.116. The van der Waals surface area contributed by atoms with Gasteiger partial charge >= 0.3 is 0 Å². The summed E-state index contributed by atoms with van der Waals surface area (Å²) >= 11 is 1.36. The SMILES string of the molecule is Cc1ccc(NC(=O)C[C@H](C)S(=O)(=O)c2ccc3c(c2)NC(=O)[C@@H](C)S3)cc1F. The smallest absolute Gasteiger partial charge is 0.237 e. The van der Waals surface area contributed by atoms with Crippen molar-refractivity contribution < 1.29 is 22.4 Å². The van der Waals surface area contributed by atoms with Gasteiger partial charge in [-0.2, -0.15) is 0 Å². The molecule has 6 nitrogen and oxygen atoms in total. The third-order valence-electron chi connectivity index (χ3n) is 4.67. The number of carbonyl (C=O) groups excluding carboxylic acids is 2. The molecule has 0 aromatic heterocycles. The van der Waals surface area contributed by atoms with Crippen LogP contribution in [0.2, 0.25) is 0 Å². The van der Waals surface area contributed by atoms with E-state index in [1.54, 1.807) is 26.0 Å². The van der Waals surface area contributed by atoms with Crippen molar-refractivity contribution >= 4 is 44.8 Å². The molecule has 0 spiro atoms. The largest absolute Gasteiger partial charge is 0.326 e. The lowest BCUT2D eigenvalue weighted by Gasteiger charge is -2.22. The van der Waals surface area contributed by atoms with Crippen LogP contribution in [0.15, 0.2) is 46.2 Å². The number of benzene rings is 2. The first-order valence-electron chi connectivity index (χ1n) is 8.99. The Balaban J connectivity index is 1.73. The molecule has 1 aliphatic rings. The predicted octanol–water partition coefficient (Wildman–Crippen LogP) is 3.76. The number of carbonyl (C=O) groups is 2. The summed E-state index contributed by atoms with van der Waals surface area (Å²) in [5.41, 5.74) is 1.17. The standard InChI is InChI=1S/C20H21FN2O4S2/c1-11-4-5-14(9-16(11)21)22-19(24)8-12(2)29(26,27)15-6-7-18-17(10-15)23-20(25)13(3)28-18/h4-7,9-10,12-13H,8H2,1-3H3,(H,22,24)(H,23,25)/t12-,13+/m0/s1. The molecule has 9 heteroatoms. The van der Waals surface area contributed by atoms with Crippen molar-refractivity contribution in [3.8, 4) is 0 Å². The van der Waals surface area contributed by atoms with Crippen molar-refractivity contribution in [3.63, 3.8) is 0 Å². The lowest BCUT2D eigenvalue weighted by atomic mass is 10.2. The normalized spacial score (nSPS) is 17.2. The zero-order valence-electron chi connectivity index (χ0n) is 16.2. The maximum atomic E-state index is 13.6. The number of aryl methyl sites for hydroxylation is 1. The fourth-order valence-corrected chi connectivity index (χ4v) is 5.16. The summed E-state index contributed by atoms with van der Waals surface area (Å²) < 4.78 is 39.4. The Bertz CT molecular complexity index is 1090. The second kappa shape index (κ2) is 8.16. The Morgan fingerprint density at radius 3 is 2.69 bits per heavy atom. The van der Waals surface area contributed by atoms with Crippen molar-refractivity contribution in [2.75, 3.05) is 10.6 Å². The van der Waals surface area contributed by atoms with Crippen LogP contribution in [0.4, 0.5) is 15.8 Å². The zero-order chi connectivity index (χ0) is 21.3. The van der Waals surface area contributed by atoms with Crippen molar-refractivity contribution in [1.82, 2.24) is 0 Å². The van der Waals surface area contributed by atoms with Gasteiger partial charge < -0.3 is 10.6 Å². The predicted molar refractivity (Wildman–Crippen MR) is 111 cm³/mol. The van der Waals surface area contributed by atoms with Gasteiger partial charge in [0.2, 0.25) is 11.8 Å². The molecule has 3 rings (SSSR count). The highest BCUT2D eigenvalue weighted by Gasteiger charge is 2.29. The average molecular weight is 437 g/mol. The molecule has 1 heterocycles. The summed E-state index contributed by atoms with van der Waals surface area (Å²) in [6, 6.07) is 8.84. The van der Waals surface area contributed by atoms with Gasteiger partial charge in [0.1, 0.15) is 5.82 Å². The summed E-state index contributed by atoms with van der Waals surface area (Å²) in [7, 11) is -3.80. The van der Waals surface area contributed by atoms with Crippen LogP contribution in [0.25, 0.3) is 0 Å². The molecule has 0 aliphatic carbocycles. The summed E-state index contributed by atoms with van der Waals surface area (Å²) in [6.07, 6.45) is -0.285. The summed E-state index contributed by atoms with van der Waals surface area (Å²) in [4.78, 5) is 24.9. The minimum absolute atomic E-state index is 0.0355. The molecule has 0 fully saturated rings. The van der Waals surface area contributed by atoms with E-state index in [0.29, 0.717) is 11.3 Å². The van der Waals surface area contributed by atoms with E-state index in [9.17, 15) is 22.4 Å². The Labute approximate surface area is 173 Å². The second-order valence-corrected chi connectivity index (χ2v) is 10.7. The number of sulfone groups is 1. The van der Waals surface area contributed by atoms with E-state index in [2.05, 4.69) is 10.6 Å². The van der Waals surface area contributed by atoms with Gasteiger partial charge in [-0.1, -0.05) is 6.07 Å². The first-order chi connectivity index (χ1) is 13.6. The molecule has 1 aliphatic heterocycles. The maximum absolute atomic E-state index is 13.6. The highest BCUT2D eigenvalue weighted by Crippen LogP contribution is 2.37. The number of halogens is 1. The van der Waals surface area contributed by atoms with E-state index in [1.807, 2.05) is 0 Å². The van der Waals surface area contributed by atoms with E-state index >= 15 is 0 Å². The molecule has 2 aromatic carbocycles. The van der Waals surface area contributed by atoms with Crippen LogP contribution >= 0.6 is 11.8 Å². The highest BCUT2D eigenvalue weighted by molar-refractivity contribution is 8.01. The van der Waals surface area contributed by atoms with Gasteiger partial charge in [0.15, 0.2) is 9.84 Å². The van der Waals surface area contributed by atoms with Gasteiger partial charge in [-0.15, -0.1) is 11.8 Å². The number of hydrogen-bond acceptors (Lipinski definition) is 5. The second-order valence-electron chi connectivity index (χ2n) is 6.98. The number of anilines is 2. The van der Waals surface area contributed by atoms with Crippen LogP contribution in [-0.4, -0.2) is 30.7 Å². The monoisotopic (exact) mass is 436 g/mol. The fraction of sp³-hybridized carbons (Fsp3) is 0.300. The Kier molecular flexibility index (Phi) is 6.00. The molecule has 2 N–H and O–H groups in total. The van der Waals surface area contributed by atoms with Crippen molar-refractivity contribution in [2.45, 2.75) is 47.5 Å². The molecule has 154 valence electrons. The third-order valence-corrected chi connectivity index (χ3v) is 7.98. The molecule has 2 atom stereocenters. The number of thioether (sulfide) groups is 1. The summed E-state index contributed by atoms with van der Waals surface area (Å²) in [5, 5.41) is 3.98. The van der Waals surface area contributed by atoms with Crippen molar-refractivity contribution in [2.24, 2.45) is 0 Å². The molecule has 0 unspecified atom stereocenters. The number of rotatable bonds is 5. The average Bonchev–Trinajstić information content (AvgIpc) is 2.65. The van der Waals surface area contributed by atoms with Gasteiger partial charge in [0.05, 0.1) is 21.1 Å². The molecule has 0 saturated carbocycles. The van der Waals surface area contributed by atoms with E-state index in [-0.39, 0.29) is 28.2 Å². The molecular weight excluding hydrogens is 415 g/mol. The number of nitrogens with one attached hydrogen (secondary N) is 2. The zero-order valence-corrected chi connectivity index (χ0v) is 17.8. The number of fused-ring (bicyclic) bond motifs is 1. The van der Waals surface area contributed by atoms with Gasteiger partial charge in [0.25, 0.3) is 0 Å². The number of hydrogen-bond donors (Lipinski definition) is 2. The topological polar surface area (TPSA) is 92.3 Å².